The van der Waals surface area contributed by atoms with Crippen molar-refractivity contribution in [1.29, 1.82) is 0 Å². The van der Waals surface area contributed by atoms with Crippen molar-refractivity contribution in [1.82, 2.24) is 0 Å². The van der Waals surface area contributed by atoms with Crippen molar-refractivity contribution in [3.8, 4) is 0 Å². The summed E-state index contributed by atoms with van der Waals surface area (Å²) in [6.07, 6.45) is 5.58. The maximum Gasteiger partial charge on any atom is 0.0693 e. The van der Waals surface area contributed by atoms with Gasteiger partial charge in [0.2, 0.25) is 0 Å². The summed E-state index contributed by atoms with van der Waals surface area (Å²) in [4.78, 5) is 0. The van der Waals surface area contributed by atoms with Crippen LogP contribution in [0.25, 0.3) is 0 Å². The molecule has 1 fully saturated rings. The van der Waals surface area contributed by atoms with Gasteiger partial charge in [0.1, 0.15) is 0 Å². The predicted molar refractivity (Wildman–Crippen MR) is 51.3 cm³/mol. The minimum atomic E-state index is 0.412. The molecule has 1 nitrogen and oxygen atoms in total. The molecule has 0 aliphatic carbocycles. The lowest BCUT2D eigenvalue weighted by molar-refractivity contribution is 0.0397. The number of thiol groups is 1. The lowest BCUT2D eigenvalue weighted by Gasteiger charge is -2.11. The molecule has 0 radical (unpaired) electrons. The topological polar surface area (TPSA) is 9.23 Å². The van der Waals surface area contributed by atoms with Crippen LogP contribution < -0.4 is 0 Å². The predicted octanol–water partition coefficient (Wildman–Crippen LogP) is 2.65. The molecular formula is C9H18OS. The largest absolute Gasteiger partial charge is 0.374 e. The van der Waals surface area contributed by atoms with Gasteiger partial charge in [-0.2, -0.15) is 12.6 Å². The summed E-state index contributed by atoms with van der Waals surface area (Å²) in [5, 5.41) is 0.483. The van der Waals surface area contributed by atoms with Crippen molar-refractivity contribution in [2.45, 2.75) is 57.0 Å². The molecule has 1 saturated heterocycles. The lowest BCUT2D eigenvalue weighted by atomic mass is 10.1. The molecule has 0 bridgehead atoms. The summed E-state index contributed by atoms with van der Waals surface area (Å²) < 4.78 is 5.79. The zero-order chi connectivity index (χ0) is 8.27. The molecule has 66 valence electrons. The molecule has 0 spiro atoms. The number of ether oxygens (including phenoxy) is 1. The van der Waals surface area contributed by atoms with Gasteiger partial charge in [0.15, 0.2) is 0 Å². The van der Waals surface area contributed by atoms with Gasteiger partial charge in [-0.25, -0.2) is 0 Å². The van der Waals surface area contributed by atoms with E-state index in [9.17, 15) is 0 Å². The van der Waals surface area contributed by atoms with Gasteiger partial charge in [0.05, 0.1) is 12.2 Å². The van der Waals surface area contributed by atoms with E-state index >= 15 is 0 Å². The Morgan fingerprint density at radius 1 is 1.45 bits per heavy atom. The van der Waals surface area contributed by atoms with E-state index in [1.807, 2.05) is 0 Å². The molecule has 0 saturated carbocycles. The van der Waals surface area contributed by atoms with Crippen LogP contribution in [0.4, 0.5) is 0 Å². The second-order valence-electron chi connectivity index (χ2n) is 3.30. The number of hydrogen-bond acceptors (Lipinski definition) is 2. The van der Waals surface area contributed by atoms with Gasteiger partial charge in [-0.1, -0.05) is 20.3 Å². The van der Waals surface area contributed by atoms with Crippen molar-refractivity contribution in [3.05, 3.63) is 0 Å². The Balaban J connectivity index is 2.30. The molecule has 11 heavy (non-hydrogen) atoms. The summed E-state index contributed by atoms with van der Waals surface area (Å²) in [7, 11) is 0. The van der Waals surface area contributed by atoms with Crippen LogP contribution in [0.5, 0.6) is 0 Å². The fraction of sp³-hybridized carbons (Fsp3) is 1.00. The molecule has 0 aromatic carbocycles. The molecule has 0 aromatic rings. The van der Waals surface area contributed by atoms with E-state index < -0.39 is 0 Å². The highest BCUT2D eigenvalue weighted by Crippen LogP contribution is 2.28. The Bertz CT molecular complexity index is 116. The zero-order valence-electron chi connectivity index (χ0n) is 7.42. The third-order valence-electron chi connectivity index (χ3n) is 2.31. The van der Waals surface area contributed by atoms with Gasteiger partial charge < -0.3 is 4.74 Å². The SMILES string of the molecule is CCCC1CC(S)C(CC)O1. The molecule has 1 aliphatic rings. The minimum Gasteiger partial charge on any atom is -0.374 e. The molecule has 0 aromatic heterocycles. The monoisotopic (exact) mass is 174 g/mol. The summed E-state index contributed by atoms with van der Waals surface area (Å²) in [6, 6.07) is 0. The Kier molecular flexibility index (Phi) is 3.73. The van der Waals surface area contributed by atoms with Crippen molar-refractivity contribution < 1.29 is 4.74 Å². The quantitative estimate of drug-likeness (QED) is 0.647. The molecule has 1 heterocycles. The normalized spacial score (nSPS) is 37.9. The second-order valence-corrected chi connectivity index (χ2v) is 3.96. The van der Waals surface area contributed by atoms with Crippen LogP contribution in [-0.4, -0.2) is 17.5 Å². The standard InChI is InChI=1S/C9H18OS/c1-3-5-7-6-9(11)8(4-2)10-7/h7-9,11H,3-6H2,1-2H3. The maximum absolute atomic E-state index is 5.79. The molecule has 2 heteroatoms. The highest BCUT2D eigenvalue weighted by molar-refractivity contribution is 7.81. The maximum atomic E-state index is 5.79. The van der Waals surface area contributed by atoms with Crippen molar-refractivity contribution in [3.63, 3.8) is 0 Å². The average molecular weight is 174 g/mol. The van der Waals surface area contributed by atoms with Crippen LogP contribution >= 0.6 is 12.6 Å². The Hall–Kier alpha value is 0.310. The molecule has 0 N–H and O–H groups in total. The Morgan fingerprint density at radius 3 is 2.64 bits per heavy atom. The van der Waals surface area contributed by atoms with Crippen LogP contribution in [0, 0.1) is 0 Å². The van der Waals surface area contributed by atoms with Gasteiger partial charge in [0.25, 0.3) is 0 Å². The third-order valence-corrected chi connectivity index (χ3v) is 2.86. The molecular weight excluding hydrogens is 156 g/mol. The van der Waals surface area contributed by atoms with Crippen molar-refractivity contribution in [2.24, 2.45) is 0 Å². The van der Waals surface area contributed by atoms with Gasteiger partial charge in [-0.3, -0.25) is 0 Å². The van der Waals surface area contributed by atoms with E-state index in [-0.39, 0.29) is 0 Å². The van der Waals surface area contributed by atoms with Crippen LogP contribution in [0.3, 0.4) is 0 Å². The molecule has 1 aliphatic heterocycles. The molecule has 3 unspecified atom stereocenters. The molecule has 3 atom stereocenters. The van der Waals surface area contributed by atoms with E-state index in [2.05, 4.69) is 26.5 Å². The van der Waals surface area contributed by atoms with Crippen LogP contribution in [0.15, 0.2) is 0 Å². The van der Waals surface area contributed by atoms with Gasteiger partial charge in [0, 0.05) is 5.25 Å². The average Bonchev–Trinajstić information content (AvgIpc) is 2.32. The third kappa shape index (κ3) is 2.38. The van der Waals surface area contributed by atoms with E-state index in [4.69, 9.17) is 4.74 Å². The number of rotatable bonds is 3. The van der Waals surface area contributed by atoms with Crippen molar-refractivity contribution >= 4 is 12.6 Å². The van der Waals surface area contributed by atoms with Crippen LogP contribution in [0.1, 0.15) is 39.5 Å². The first-order valence-corrected chi connectivity index (χ1v) is 5.13. The van der Waals surface area contributed by atoms with Crippen LogP contribution in [0.2, 0.25) is 0 Å². The fourth-order valence-electron chi connectivity index (χ4n) is 1.69. The van der Waals surface area contributed by atoms with Gasteiger partial charge in [-0.05, 0) is 19.3 Å². The summed E-state index contributed by atoms with van der Waals surface area (Å²) in [5.41, 5.74) is 0. The van der Waals surface area contributed by atoms with Gasteiger partial charge in [-0.15, -0.1) is 0 Å². The number of hydrogen-bond donors (Lipinski definition) is 1. The highest BCUT2D eigenvalue weighted by atomic mass is 32.1. The smallest absolute Gasteiger partial charge is 0.0693 e. The molecule has 1 rings (SSSR count). The summed E-state index contributed by atoms with van der Waals surface area (Å²) in [6.45, 7) is 4.37. The zero-order valence-corrected chi connectivity index (χ0v) is 8.31. The molecule has 0 amide bonds. The highest BCUT2D eigenvalue weighted by Gasteiger charge is 2.30. The Morgan fingerprint density at radius 2 is 2.18 bits per heavy atom. The van der Waals surface area contributed by atoms with E-state index in [0.29, 0.717) is 17.5 Å². The fourth-order valence-corrected chi connectivity index (χ4v) is 2.21. The van der Waals surface area contributed by atoms with Crippen molar-refractivity contribution in [2.75, 3.05) is 0 Å². The van der Waals surface area contributed by atoms with E-state index in [1.165, 1.54) is 12.8 Å². The van der Waals surface area contributed by atoms with Crippen LogP contribution in [-0.2, 0) is 4.74 Å². The first-order chi connectivity index (χ1) is 5.27. The minimum absolute atomic E-state index is 0.412. The summed E-state index contributed by atoms with van der Waals surface area (Å²) >= 11 is 4.49. The lowest BCUT2D eigenvalue weighted by Crippen LogP contribution is -2.14. The second kappa shape index (κ2) is 4.36. The van der Waals surface area contributed by atoms with Gasteiger partial charge >= 0.3 is 0 Å². The first-order valence-electron chi connectivity index (χ1n) is 4.61. The van der Waals surface area contributed by atoms with E-state index in [1.54, 1.807) is 0 Å². The Labute approximate surface area is 74.9 Å². The first kappa shape index (κ1) is 9.40. The van der Waals surface area contributed by atoms with E-state index in [0.717, 1.165) is 12.8 Å². The summed E-state index contributed by atoms with van der Waals surface area (Å²) in [5.74, 6) is 0.